The van der Waals surface area contributed by atoms with Crippen molar-refractivity contribution in [1.29, 1.82) is 0 Å². The number of para-hydroxylation sites is 1. The topological polar surface area (TPSA) is 84.6 Å². The van der Waals surface area contributed by atoms with Crippen molar-refractivity contribution in [3.63, 3.8) is 0 Å². The third-order valence-corrected chi connectivity index (χ3v) is 7.48. The molecule has 0 atom stereocenters. The smallest absolute Gasteiger partial charge is 0.296 e. The van der Waals surface area contributed by atoms with Gasteiger partial charge in [-0.05, 0) is 23.3 Å². The predicted molar refractivity (Wildman–Crippen MR) is 139 cm³/mol. The Morgan fingerprint density at radius 3 is 2.39 bits per heavy atom. The molecule has 1 amide bonds. The lowest BCUT2D eigenvalue weighted by molar-refractivity contribution is -0.113. The fourth-order valence-corrected chi connectivity index (χ4v) is 5.54. The number of fused-ring (bicyclic) bond motifs is 2. The van der Waals surface area contributed by atoms with Gasteiger partial charge in [0.2, 0.25) is 4.96 Å². The SMILES string of the molecule is O=C1C(=c2sc3nc(=O)c(Cc4ccccc4)nn3c2=O)c2ccccc2N1Cc1ccccc1Cl. The number of hydrogen-bond donors (Lipinski definition) is 0. The predicted octanol–water partition coefficient (Wildman–Crippen LogP) is 3.22. The summed E-state index contributed by atoms with van der Waals surface area (Å²) in [4.78, 5) is 45.7. The molecular formula is C27H17ClN4O3S. The Hall–Kier alpha value is -4.14. The number of carbonyl (C=O) groups is 1. The molecule has 0 fully saturated rings. The number of hydrogen-bond acceptors (Lipinski definition) is 6. The third-order valence-electron chi connectivity index (χ3n) is 6.08. The first-order chi connectivity index (χ1) is 17.5. The number of halogens is 1. The lowest BCUT2D eigenvalue weighted by Crippen LogP contribution is -2.33. The maximum Gasteiger partial charge on any atom is 0.296 e. The fraction of sp³-hybridized carbons (Fsp3) is 0.0741. The number of aromatic nitrogens is 3. The van der Waals surface area contributed by atoms with Gasteiger partial charge in [-0.1, -0.05) is 89.7 Å². The van der Waals surface area contributed by atoms with E-state index in [1.807, 2.05) is 72.8 Å². The molecule has 3 heterocycles. The van der Waals surface area contributed by atoms with Gasteiger partial charge >= 0.3 is 0 Å². The van der Waals surface area contributed by atoms with Gasteiger partial charge in [-0.2, -0.15) is 14.6 Å². The highest BCUT2D eigenvalue weighted by atomic mass is 35.5. The second-order valence-electron chi connectivity index (χ2n) is 8.33. The minimum absolute atomic E-state index is 0.152. The van der Waals surface area contributed by atoms with Crippen molar-refractivity contribution in [2.45, 2.75) is 13.0 Å². The van der Waals surface area contributed by atoms with Gasteiger partial charge in [0.1, 0.15) is 10.2 Å². The number of amides is 1. The molecule has 9 heteroatoms. The standard InChI is InChI=1S/C27H17ClN4O3S/c28-19-12-6-4-10-17(19)15-31-21-13-7-5-11-18(21)22(25(31)34)23-26(35)32-27(36-23)29-24(33)20(30-32)14-16-8-2-1-3-9-16/h1-13H,14-15H2. The van der Waals surface area contributed by atoms with Gasteiger partial charge in [-0.3, -0.25) is 14.4 Å². The van der Waals surface area contributed by atoms with Crippen LogP contribution in [0.4, 0.5) is 5.69 Å². The second-order valence-corrected chi connectivity index (χ2v) is 9.72. The minimum atomic E-state index is -0.491. The van der Waals surface area contributed by atoms with Gasteiger partial charge in [0.25, 0.3) is 17.0 Å². The van der Waals surface area contributed by atoms with E-state index in [9.17, 15) is 14.4 Å². The Bertz CT molecular complexity index is 1830. The molecule has 5 aromatic rings. The average molecular weight is 513 g/mol. The Labute approximate surface area is 213 Å². The van der Waals surface area contributed by atoms with Crippen molar-refractivity contribution in [2.75, 3.05) is 4.90 Å². The highest BCUT2D eigenvalue weighted by Gasteiger charge is 2.34. The lowest BCUT2D eigenvalue weighted by atomic mass is 10.1. The monoisotopic (exact) mass is 512 g/mol. The van der Waals surface area contributed by atoms with E-state index in [0.29, 0.717) is 16.3 Å². The van der Waals surface area contributed by atoms with Crippen LogP contribution < -0.4 is 20.6 Å². The number of carbonyl (C=O) groups excluding carboxylic acids is 1. The summed E-state index contributed by atoms with van der Waals surface area (Å²) in [6, 6.07) is 24.0. The molecule has 0 unspecified atom stereocenters. The molecule has 176 valence electrons. The molecule has 0 aliphatic carbocycles. The maximum atomic E-state index is 13.7. The molecule has 0 bridgehead atoms. The zero-order valence-electron chi connectivity index (χ0n) is 18.7. The molecule has 0 saturated carbocycles. The largest absolute Gasteiger partial charge is 0.303 e. The van der Waals surface area contributed by atoms with Crippen LogP contribution in [0.5, 0.6) is 0 Å². The molecule has 36 heavy (non-hydrogen) atoms. The molecular weight excluding hydrogens is 496 g/mol. The Morgan fingerprint density at radius 1 is 0.861 bits per heavy atom. The summed E-state index contributed by atoms with van der Waals surface area (Å²) >= 11 is 7.35. The van der Waals surface area contributed by atoms with Crippen LogP contribution in [-0.2, 0) is 17.8 Å². The minimum Gasteiger partial charge on any atom is -0.303 e. The molecule has 1 aliphatic heterocycles. The van der Waals surface area contributed by atoms with E-state index < -0.39 is 11.1 Å². The normalized spacial score (nSPS) is 14.5. The maximum absolute atomic E-state index is 13.7. The molecule has 7 nitrogen and oxygen atoms in total. The zero-order chi connectivity index (χ0) is 24.8. The molecule has 0 radical (unpaired) electrons. The quantitative estimate of drug-likeness (QED) is 0.369. The average Bonchev–Trinajstić information content (AvgIpc) is 3.34. The van der Waals surface area contributed by atoms with Crippen LogP contribution in [0.25, 0.3) is 10.5 Å². The summed E-state index contributed by atoms with van der Waals surface area (Å²) in [5, 5.41) is 4.88. The van der Waals surface area contributed by atoms with Gasteiger partial charge in [-0.25, -0.2) is 0 Å². The van der Waals surface area contributed by atoms with Crippen molar-refractivity contribution in [3.8, 4) is 0 Å². The Morgan fingerprint density at radius 2 is 1.58 bits per heavy atom. The fourth-order valence-electron chi connectivity index (χ4n) is 4.35. The molecule has 3 aromatic carbocycles. The highest BCUT2D eigenvalue weighted by Crippen LogP contribution is 2.36. The van der Waals surface area contributed by atoms with E-state index in [1.54, 1.807) is 11.0 Å². The van der Waals surface area contributed by atoms with Gasteiger partial charge in [0, 0.05) is 17.0 Å². The van der Waals surface area contributed by atoms with E-state index in [0.717, 1.165) is 27.0 Å². The number of rotatable bonds is 4. The van der Waals surface area contributed by atoms with Gasteiger partial charge in [0.05, 0.1) is 17.8 Å². The van der Waals surface area contributed by atoms with E-state index in [-0.39, 0.29) is 39.6 Å². The Kier molecular flexibility index (Phi) is 5.47. The number of benzene rings is 3. The van der Waals surface area contributed by atoms with Crippen molar-refractivity contribution in [3.05, 3.63) is 132 Å². The van der Waals surface area contributed by atoms with E-state index >= 15 is 0 Å². The summed E-state index contributed by atoms with van der Waals surface area (Å²) < 4.78 is 1.32. The van der Waals surface area contributed by atoms with Gasteiger partial charge < -0.3 is 4.90 Å². The summed E-state index contributed by atoms with van der Waals surface area (Å²) in [6.07, 6.45) is 0.254. The first-order valence-electron chi connectivity index (χ1n) is 11.2. The van der Waals surface area contributed by atoms with Crippen LogP contribution in [0.1, 0.15) is 22.4 Å². The zero-order valence-corrected chi connectivity index (χ0v) is 20.3. The lowest BCUT2D eigenvalue weighted by Gasteiger charge is -2.17. The summed E-state index contributed by atoms with van der Waals surface area (Å²) in [5.41, 5.74) is 2.49. The van der Waals surface area contributed by atoms with Crippen LogP contribution in [0.3, 0.4) is 0 Å². The Balaban J connectivity index is 1.51. The summed E-state index contributed by atoms with van der Waals surface area (Å²) in [6.45, 7) is 0.258. The van der Waals surface area contributed by atoms with Crippen LogP contribution in [0.15, 0.2) is 88.5 Å². The van der Waals surface area contributed by atoms with Gasteiger partial charge in [0.15, 0.2) is 0 Å². The van der Waals surface area contributed by atoms with Crippen LogP contribution in [-0.4, -0.2) is 20.5 Å². The molecule has 2 aromatic heterocycles. The van der Waals surface area contributed by atoms with Crippen LogP contribution in [0.2, 0.25) is 5.02 Å². The van der Waals surface area contributed by atoms with E-state index in [1.165, 1.54) is 0 Å². The molecule has 1 aliphatic rings. The molecule has 6 rings (SSSR count). The van der Waals surface area contributed by atoms with E-state index in [2.05, 4.69) is 10.1 Å². The van der Waals surface area contributed by atoms with Crippen molar-refractivity contribution < 1.29 is 4.79 Å². The first-order valence-corrected chi connectivity index (χ1v) is 12.4. The number of nitrogens with zero attached hydrogens (tertiary/aromatic N) is 4. The third kappa shape index (κ3) is 3.71. The van der Waals surface area contributed by atoms with Crippen molar-refractivity contribution in [2.24, 2.45) is 0 Å². The van der Waals surface area contributed by atoms with Crippen LogP contribution >= 0.6 is 22.9 Å². The van der Waals surface area contributed by atoms with Gasteiger partial charge in [-0.15, -0.1) is 0 Å². The molecule has 0 N–H and O–H groups in total. The molecule has 0 saturated heterocycles. The van der Waals surface area contributed by atoms with Crippen molar-refractivity contribution >= 4 is 45.1 Å². The molecule has 0 spiro atoms. The highest BCUT2D eigenvalue weighted by molar-refractivity contribution is 7.15. The first kappa shape index (κ1) is 22.3. The second kappa shape index (κ2) is 8.82. The number of anilines is 1. The number of thiazole rings is 1. The summed E-state index contributed by atoms with van der Waals surface area (Å²) in [5.74, 6) is -0.313. The van der Waals surface area contributed by atoms with Crippen LogP contribution in [0, 0.1) is 0 Å². The van der Waals surface area contributed by atoms with Crippen molar-refractivity contribution in [1.82, 2.24) is 14.6 Å². The summed E-state index contributed by atoms with van der Waals surface area (Å²) in [7, 11) is 0. The van der Waals surface area contributed by atoms with E-state index in [4.69, 9.17) is 11.6 Å².